The summed E-state index contributed by atoms with van der Waals surface area (Å²) in [7, 11) is 0. The van der Waals surface area contributed by atoms with Crippen LogP contribution in [0, 0.1) is 5.92 Å². The second-order valence-electron chi connectivity index (χ2n) is 4.00. The highest BCUT2D eigenvalue weighted by molar-refractivity contribution is 5.76. The summed E-state index contributed by atoms with van der Waals surface area (Å²) in [5, 5.41) is 9.39. The predicted molar refractivity (Wildman–Crippen MR) is 59.6 cm³/mol. The number of aromatic amines is 1. The van der Waals surface area contributed by atoms with Crippen molar-refractivity contribution in [2.45, 2.75) is 25.7 Å². The van der Waals surface area contributed by atoms with Crippen LogP contribution in [0.4, 0.5) is 0 Å². The quantitative estimate of drug-likeness (QED) is 0.722. The molecule has 5 heteroatoms. The Morgan fingerprint density at radius 3 is 3.25 bits per heavy atom. The molecule has 1 aliphatic carbocycles. The van der Waals surface area contributed by atoms with Crippen LogP contribution in [0.25, 0.3) is 0 Å². The van der Waals surface area contributed by atoms with Gasteiger partial charge in [-0.05, 0) is 18.8 Å². The maximum Gasteiger partial charge on any atom is 0.220 e. The molecular formula is C11H16N4O. The van der Waals surface area contributed by atoms with Crippen LogP contribution in [0.1, 0.15) is 25.1 Å². The van der Waals surface area contributed by atoms with Crippen molar-refractivity contribution in [3.63, 3.8) is 0 Å². The van der Waals surface area contributed by atoms with Gasteiger partial charge in [-0.15, -0.1) is 0 Å². The van der Waals surface area contributed by atoms with Crippen molar-refractivity contribution in [2.75, 3.05) is 6.54 Å². The summed E-state index contributed by atoms with van der Waals surface area (Å²) in [6.45, 7) is 0.616. The molecule has 5 nitrogen and oxygen atoms in total. The van der Waals surface area contributed by atoms with Crippen LogP contribution in [0.15, 0.2) is 18.5 Å². The maximum atomic E-state index is 11.5. The molecule has 0 bridgehead atoms. The standard InChI is InChI=1S/C11H16N4O/c16-11(7-9-3-1-2-4-9)12-6-5-10-13-8-14-15-10/h1,3,8-9H,2,4-7H2,(H,12,16)(H,13,14,15). The molecule has 0 radical (unpaired) electrons. The normalized spacial score (nSPS) is 18.9. The van der Waals surface area contributed by atoms with Gasteiger partial charge in [0.15, 0.2) is 0 Å². The van der Waals surface area contributed by atoms with Gasteiger partial charge in [-0.3, -0.25) is 9.89 Å². The summed E-state index contributed by atoms with van der Waals surface area (Å²) in [4.78, 5) is 15.5. The number of allylic oxidation sites excluding steroid dienone is 2. The molecule has 0 aromatic carbocycles. The summed E-state index contributed by atoms with van der Waals surface area (Å²) in [6.07, 6.45) is 9.27. The van der Waals surface area contributed by atoms with E-state index in [2.05, 4.69) is 32.7 Å². The molecule has 1 heterocycles. The van der Waals surface area contributed by atoms with Gasteiger partial charge in [-0.25, -0.2) is 4.98 Å². The first-order valence-electron chi connectivity index (χ1n) is 5.62. The highest BCUT2D eigenvalue weighted by Crippen LogP contribution is 2.19. The number of nitrogens with one attached hydrogen (secondary N) is 2. The van der Waals surface area contributed by atoms with E-state index in [1.807, 2.05) is 0 Å². The van der Waals surface area contributed by atoms with Gasteiger partial charge >= 0.3 is 0 Å². The molecule has 1 amide bonds. The molecule has 1 atom stereocenters. The summed E-state index contributed by atoms with van der Waals surface area (Å²) in [5.74, 6) is 1.36. The van der Waals surface area contributed by atoms with Crippen LogP contribution in [-0.2, 0) is 11.2 Å². The first-order valence-corrected chi connectivity index (χ1v) is 5.62. The van der Waals surface area contributed by atoms with E-state index in [0.717, 1.165) is 18.7 Å². The van der Waals surface area contributed by atoms with E-state index in [1.54, 1.807) is 0 Å². The average Bonchev–Trinajstić information content (AvgIpc) is 2.90. The number of rotatable bonds is 5. The van der Waals surface area contributed by atoms with E-state index in [9.17, 15) is 4.79 Å². The Balaban J connectivity index is 1.62. The van der Waals surface area contributed by atoms with Gasteiger partial charge in [0.05, 0.1) is 0 Å². The van der Waals surface area contributed by atoms with Crippen molar-refractivity contribution in [1.82, 2.24) is 20.5 Å². The lowest BCUT2D eigenvalue weighted by Gasteiger charge is -2.07. The van der Waals surface area contributed by atoms with Crippen LogP contribution < -0.4 is 5.32 Å². The molecular weight excluding hydrogens is 204 g/mol. The third-order valence-electron chi connectivity index (χ3n) is 2.71. The highest BCUT2D eigenvalue weighted by atomic mass is 16.1. The molecule has 0 spiro atoms. The van der Waals surface area contributed by atoms with Crippen molar-refractivity contribution in [1.29, 1.82) is 0 Å². The first-order chi connectivity index (χ1) is 7.84. The van der Waals surface area contributed by atoms with Crippen molar-refractivity contribution >= 4 is 5.91 Å². The number of aromatic nitrogens is 3. The minimum absolute atomic E-state index is 0.121. The van der Waals surface area contributed by atoms with Crippen molar-refractivity contribution < 1.29 is 4.79 Å². The van der Waals surface area contributed by atoms with Crippen LogP contribution in [0.2, 0.25) is 0 Å². The van der Waals surface area contributed by atoms with Crippen LogP contribution in [-0.4, -0.2) is 27.6 Å². The Morgan fingerprint density at radius 1 is 1.62 bits per heavy atom. The number of hydrogen-bond acceptors (Lipinski definition) is 3. The largest absolute Gasteiger partial charge is 0.356 e. The Kier molecular flexibility index (Phi) is 3.69. The molecule has 0 saturated carbocycles. The number of hydrogen-bond donors (Lipinski definition) is 2. The second-order valence-corrected chi connectivity index (χ2v) is 4.00. The molecule has 16 heavy (non-hydrogen) atoms. The Hall–Kier alpha value is -1.65. The van der Waals surface area contributed by atoms with Gasteiger partial charge in [-0.2, -0.15) is 5.10 Å². The third kappa shape index (κ3) is 3.18. The lowest BCUT2D eigenvalue weighted by atomic mass is 10.1. The van der Waals surface area contributed by atoms with E-state index in [-0.39, 0.29) is 5.91 Å². The van der Waals surface area contributed by atoms with Crippen LogP contribution >= 0.6 is 0 Å². The van der Waals surface area contributed by atoms with Crippen LogP contribution in [0.3, 0.4) is 0 Å². The Morgan fingerprint density at radius 2 is 2.56 bits per heavy atom. The van der Waals surface area contributed by atoms with Gasteiger partial charge in [-0.1, -0.05) is 12.2 Å². The molecule has 2 rings (SSSR count). The number of carbonyl (C=O) groups excluding carboxylic acids is 1. The molecule has 1 aromatic rings. The number of amides is 1. The highest BCUT2D eigenvalue weighted by Gasteiger charge is 2.13. The monoisotopic (exact) mass is 220 g/mol. The molecule has 1 aromatic heterocycles. The zero-order chi connectivity index (χ0) is 11.2. The molecule has 1 unspecified atom stereocenters. The Bertz CT molecular complexity index is 358. The summed E-state index contributed by atoms with van der Waals surface area (Å²) < 4.78 is 0. The minimum Gasteiger partial charge on any atom is -0.356 e. The van der Waals surface area contributed by atoms with E-state index >= 15 is 0 Å². The molecule has 0 fully saturated rings. The van der Waals surface area contributed by atoms with E-state index in [4.69, 9.17) is 0 Å². The third-order valence-corrected chi connectivity index (χ3v) is 2.71. The summed E-state index contributed by atoms with van der Waals surface area (Å²) in [5.41, 5.74) is 0. The maximum absolute atomic E-state index is 11.5. The fourth-order valence-electron chi connectivity index (χ4n) is 1.85. The van der Waals surface area contributed by atoms with E-state index in [1.165, 1.54) is 6.33 Å². The Labute approximate surface area is 94.3 Å². The SMILES string of the molecule is O=C(CC1C=CCC1)NCCc1ncn[nH]1. The lowest BCUT2D eigenvalue weighted by Crippen LogP contribution is -2.27. The zero-order valence-corrected chi connectivity index (χ0v) is 9.15. The summed E-state index contributed by atoms with van der Waals surface area (Å²) >= 11 is 0. The first kappa shape index (κ1) is 10.9. The molecule has 0 saturated heterocycles. The number of carbonyl (C=O) groups is 1. The van der Waals surface area contributed by atoms with Gasteiger partial charge in [0.1, 0.15) is 12.2 Å². The van der Waals surface area contributed by atoms with Crippen molar-refractivity contribution in [3.8, 4) is 0 Å². The van der Waals surface area contributed by atoms with Gasteiger partial charge < -0.3 is 5.32 Å². The fourth-order valence-corrected chi connectivity index (χ4v) is 1.85. The van der Waals surface area contributed by atoms with Gasteiger partial charge in [0.2, 0.25) is 5.91 Å². The van der Waals surface area contributed by atoms with Gasteiger partial charge in [0.25, 0.3) is 0 Å². The van der Waals surface area contributed by atoms with E-state index < -0.39 is 0 Å². The van der Waals surface area contributed by atoms with E-state index in [0.29, 0.717) is 25.3 Å². The fraction of sp³-hybridized carbons (Fsp3) is 0.545. The lowest BCUT2D eigenvalue weighted by molar-refractivity contribution is -0.121. The molecule has 86 valence electrons. The number of nitrogens with zero attached hydrogens (tertiary/aromatic N) is 2. The predicted octanol–water partition coefficient (Wildman–Crippen LogP) is 0.820. The smallest absolute Gasteiger partial charge is 0.220 e. The zero-order valence-electron chi connectivity index (χ0n) is 9.15. The summed E-state index contributed by atoms with van der Waals surface area (Å²) in [6, 6.07) is 0. The molecule has 1 aliphatic rings. The van der Waals surface area contributed by atoms with Gasteiger partial charge in [0, 0.05) is 19.4 Å². The minimum atomic E-state index is 0.121. The second kappa shape index (κ2) is 5.44. The van der Waals surface area contributed by atoms with Crippen LogP contribution in [0.5, 0.6) is 0 Å². The average molecular weight is 220 g/mol. The molecule has 0 aliphatic heterocycles. The van der Waals surface area contributed by atoms with Crippen molar-refractivity contribution in [2.24, 2.45) is 5.92 Å². The molecule has 2 N–H and O–H groups in total. The number of H-pyrrole nitrogens is 1. The topological polar surface area (TPSA) is 70.7 Å². The van der Waals surface area contributed by atoms with Crippen molar-refractivity contribution in [3.05, 3.63) is 24.3 Å².